The van der Waals surface area contributed by atoms with Crippen molar-refractivity contribution in [2.45, 2.75) is 63.1 Å². The van der Waals surface area contributed by atoms with Gasteiger partial charge in [-0.05, 0) is 44.1 Å². The second kappa shape index (κ2) is 7.10. The van der Waals surface area contributed by atoms with Crippen molar-refractivity contribution in [3.8, 4) is 5.75 Å². The SMILES string of the molecule is CN=C(NC1CC2(CCCC2)Oc2ccccc21)NC1CC1C.I. The van der Waals surface area contributed by atoms with E-state index >= 15 is 0 Å². The molecule has 3 aliphatic rings. The predicted octanol–water partition coefficient (Wildman–Crippen LogP) is 4.01. The molecule has 2 aliphatic carbocycles. The number of guanidine groups is 1. The molecule has 5 heteroatoms. The molecule has 3 atom stereocenters. The summed E-state index contributed by atoms with van der Waals surface area (Å²) in [5.41, 5.74) is 1.29. The van der Waals surface area contributed by atoms with Crippen LogP contribution in [0.5, 0.6) is 5.75 Å². The molecule has 1 heterocycles. The molecule has 2 fully saturated rings. The molecular formula is C19H28IN3O. The third-order valence-corrected chi connectivity index (χ3v) is 5.68. The average Bonchev–Trinajstić information content (AvgIpc) is 3.06. The predicted molar refractivity (Wildman–Crippen MR) is 108 cm³/mol. The number of halogens is 1. The Morgan fingerprint density at radius 1 is 1.21 bits per heavy atom. The minimum absolute atomic E-state index is 0. The van der Waals surface area contributed by atoms with Crippen LogP contribution in [0.2, 0.25) is 0 Å². The Morgan fingerprint density at radius 3 is 2.58 bits per heavy atom. The number of ether oxygens (including phenoxy) is 1. The normalized spacial score (nSPS) is 30.1. The van der Waals surface area contributed by atoms with Crippen LogP contribution in [0.1, 0.15) is 57.1 Å². The van der Waals surface area contributed by atoms with E-state index in [2.05, 4.69) is 46.8 Å². The van der Waals surface area contributed by atoms with Crippen molar-refractivity contribution in [2.24, 2.45) is 10.9 Å². The zero-order valence-corrected chi connectivity index (χ0v) is 16.9. The molecule has 1 aromatic rings. The van der Waals surface area contributed by atoms with Gasteiger partial charge in [0.15, 0.2) is 5.96 Å². The lowest BCUT2D eigenvalue weighted by Crippen LogP contribution is -2.47. The van der Waals surface area contributed by atoms with Crippen molar-refractivity contribution >= 4 is 29.9 Å². The van der Waals surface area contributed by atoms with E-state index in [4.69, 9.17) is 4.74 Å². The van der Waals surface area contributed by atoms with Gasteiger partial charge >= 0.3 is 0 Å². The van der Waals surface area contributed by atoms with Crippen LogP contribution in [0, 0.1) is 5.92 Å². The Bertz CT molecular complexity index is 612. The molecule has 0 radical (unpaired) electrons. The standard InChI is InChI=1S/C19H27N3O.HI/c1-13-11-15(13)21-18(20-2)22-16-12-19(9-5-6-10-19)23-17-8-4-3-7-14(16)17;/h3-4,7-8,13,15-16H,5-6,9-12H2,1-2H3,(H2,20,21,22);1H. The lowest BCUT2D eigenvalue weighted by atomic mass is 9.86. The molecule has 1 aromatic carbocycles. The summed E-state index contributed by atoms with van der Waals surface area (Å²) in [7, 11) is 1.86. The molecule has 0 amide bonds. The number of rotatable bonds is 2. The maximum absolute atomic E-state index is 6.44. The number of hydrogen-bond acceptors (Lipinski definition) is 2. The third-order valence-electron chi connectivity index (χ3n) is 5.68. The fraction of sp³-hybridized carbons (Fsp3) is 0.632. The highest BCUT2D eigenvalue weighted by Crippen LogP contribution is 2.47. The van der Waals surface area contributed by atoms with E-state index in [0.717, 1.165) is 24.0 Å². The highest BCUT2D eigenvalue weighted by atomic mass is 127. The summed E-state index contributed by atoms with van der Waals surface area (Å²) < 4.78 is 6.44. The molecule has 0 bridgehead atoms. The molecule has 1 aliphatic heterocycles. The molecular weight excluding hydrogens is 413 g/mol. The van der Waals surface area contributed by atoms with Crippen LogP contribution in [0.4, 0.5) is 0 Å². The van der Waals surface area contributed by atoms with E-state index in [-0.39, 0.29) is 35.6 Å². The fourth-order valence-corrected chi connectivity index (χ4v) is 4.11. The van der Waals surface area contributed by atoms with Gasteiger partial charge in [-0.3, -0.25) is 4.99 Å². The van der Waals surface area contributed by atoms with Gasteiger partial charge in [0.25, 0.3) is 0 Å². The van der Waals surface area contributed by atoms with Crippen LogP contribution in [-0.2, 0) is 0 Å². The number of hydrogen-bond donors (Lipinski definition) is 2. The monoisotopic (exact) mass is 441 g/mol. The Hall–Kier alpha value is -0.980. The van der Waals surface area contributed by atoms with Gasteiger partial charge < -0.3 is 15.4 Å². The minimum atomic E-state index is 0. The first-order chi connectivity index (χ1) is 11.2. The number of benzene rings is 1. The van der Waals surface area contributed by atoms with Gasteiger partial charge in [0.05, 0.1) is 6.04 Å². The van der Waals surface area contributed by atoms with Crippen molar-refractivity contribution in [3.63, 3.8) is 0 Å². The van der Waals surface area contributed by atoms with Crippen LogP contribution >= 0.6 is 24.0 Å². The first-order valence-corrected chi connectivity index (χ1v) is 8.97. The quantitative estimate of drug-likeness (QED) is 0.414. The summed E-state index contributed by atoms with van der Waals surface area (Å²) in [5, 5.41) is 7.21. The molecule has 2 saturated carbocycles. The van der Waals surface area contributed by atoms with Crippen molar-refractivity contribution in [2.75, 3.05) is 7.05 Å². The molecule has 0 saturated heterocycles. The van der Waals surface area contributed by atoms with Gasteiger partial charge in [0, 0.05) is 25.1 Å². The van der Waals surface area contributed by atoms with Crippen molar-refractivity contribution in [3.05, 3.63) is 29.8 Å². The van der Waals surface area contributed by atoms with Crippen LogP contribution in [0.3, 0.4) is 0 Å². The van der Waals surface area contributed by atoms with Crippen molar-refractivity contribution < 1.29 is 4.74 Å². The van der Waals surface area contributed by atoms with E-state index in [9.17, 15) is 0 Å². The smallest absolute Gasteiger partial charge is 0.191 e. The largest absolute Gasteiger partial charge is 0.487 e. The highest BCUT2D eigenvalue weighted by Gasteiger charge is 2.43. The molecule has 24 heavy (non-hydrogen) atoms. The van der Waals surface area contributed by atoms with E-state index < -0.39 is 0 Å². The van der Waals surface area contributed by atoms with E-state index in [1.165, 1.54) is 37.7 Å². The number of aliphatic imine (C=N–C) groups is 1. The zero-order valence-electron chi connectivity index (χ0n) is 14.5. The molecule has 4 rings (SSSR count). The van der Waals surface area contributed by atoms with Gasteiger partial charge in [0.1, 0.15) is 11.4 Å². The Morgan fingerprint density at radius 2 is 1.92 bits per heavy atom. The van der Waals surface area contributed by atoms with Gasteiger partial charge in [-0.1, -0.05) is 25.1 Å². The lowest BCUT2D eigenvalue weighted by molar-refractivity contribution is 0.0396. The first-order valence-electron chi connectivity index (χ1n) is 8.97. The molecule has 3 unspecified atom stereocenters. The van der Waals surface area contributed by atoms with E-state index in [0.29, 0.717) is 6.04 Å². The second-order valence-electron chi connectivity index (χ2n) is 7.47. The highest BCUT2D eigenvalue weighted by molar-refractivity contribution is 14.0. The summed E-state index contributed by atoms with van der Waals surface area (Å²) in [6.45, 7) is 2.28. The number of fused-ring (bicyclic) bond motifs is 1. The van der Waals surface area contributed by atoms with Crippen LogP contribution < -0.4 is 15.4 Å². The Labute approximate surface area is 161 Å². The fourth-order valence-electron chi connectivity index (χ4n) is 4.11. The maximum Gasteiger partial charge on any atom is 0.191 e. The number of nitrogens with one attached hydrogen (secondary N) is 2. The summed E-state index contributed by atoms with van der Waals surface area (Å²) in [5.74, 6) is 2.74. The molecule has 0 aromatic heterocycles. The summed E-state index contributed by atoms with van der Waals surface area (Å²) in [6.07, 6.45) is 7.18. The number of para-hydroxylation sites is 1. The van der Waals surface area contributed by atoms with Gasteiger partial charge in [-0.15, -0.1) is 24.0 Å². The molecule has 132 valence electrons. The Balaban J connectivity index is 0.00000169. The molecule has 1 spiro atoms. The van der Waals surface area contributed by atoms with Crippen LogP contribution in [-0.4, -0.2) is 24.7 Å². The minimum Gasteiger partial charge on any atom is -0.487 e. The van der Waals surface area contributed by atoms with Gasteiger partial charge in [0.2, 0.25) is 0 Å². The van der Waals surface area contributed by atoms with E-state index in [1.54, 1.807) is 0 Å². The maximum atomic E-state index is 6.44. The average molecular weight is 441 g/mol. The first kappa shape index (κ1) is 17.8. The molecule has 4 nitrogen and oxygen atoms in total. The second-order valence-corrected chi connectivity index (χ2v) is 7.47. The van der Waals surface area contributed by atoms with Crippen molar-refractivity contribution in [1.29, 1.82) is 0 Å². The van der Waals surface area contributed by atoms with Gasteiger partial charge in [-0.2, -0.15) is 0 Å². The molecule has 2 N–H and O–H groups in total. The third kappa shape index (κ3) is 3.51. The van der Waals surface area contributed by atoms with Gasteiger partial charge in [-0.25, -0.2) is 0 Å². The topological polar surface area (TPSA) is 45.7 Å². The lowest BCUT2D eigenvalue weighted by Gasteiger charge is -2.40. The van der Waals surface area contributed by atoms with Crippen molar-refractivity contribution in [1.82, 2.24) is 10.6 Å². The summed E-state index contributed by atoms with van der Waals surface area (Å²) >= 11 is 0. The van der Waals surface area contributed by atoms with Crippen LogP contribution in [0.15, 0.2) is 29.3 Å². The summed E-state index contributed by atoms with van der Waals surface area (Å²) in [6, 6.07) is 9.32. The summed E-state index contributed by atoms with van der Waals surface area (Å²) in [4.78, 5) is 4.44. The van der Waals surface area contributed by atoms with E-state index in [1.807, 2.05) is 7.05 Å². The zero-order chi connectivity index (χ0) is 15.9. The Kier molecular flexibility index (Phi) is 5.27. The van der Waals surface area contributed by atoms with Crippen LogP contribution in [0.25, 0.3) is 0 Å². The number of nitrogens with zero attached hydrogens (tertiary/aromatic N) is 1.